The molecule has 2 rings (SSSR count). The van der Waals surface area contributed by atoms with Gasteiger partial charge in [-0.2, -0.15) is 0 Å². The van der Waals surface area contributed by atoms with Crippen molar-refractivity contribution in [3.05, 3.63) is 34.9 Å². The van der Waals surface area contributed by atoms with Gasteiger partial charge in [0, 0.05) is 12.0 Å². The molecule has 0 bridgehead atoms. The van der Waals surface area contributed by atoms with E-state index in [4.69, 9.17) is 5.11 Å². The minimum atomic E-state index is -1.03. The van der Waals surface area contributed by atoms with Crippen LogP contribution >= 0.6 is 0 Å². The highest BCUT2D eigenvalue weighted by Gasteiger charge is 2.38. The molecule has 0 heterocycles. The third-order valence-electron chi connectivity index (χ3n) is 3.68. The van der Waals surface area contributed by atoms with Crippen molar-refractivity contribution in [3.8, 4) is 0 Å². The van der Waals surface area contributed by atoms with E-state index in [0.29, 0.717) is 25.3 Å². The Morgan fingerprint density at radius 1 is 1.16 bits per heavy atom. The van der Waals surface area contributed by atoms with Crippen molar-refractivity contribution in [3.63, 3.8) is 0 Å². The lowest BCUT2D eigenvalue weighted by Gasteiger charge is -2.15. The molecule has 0 radical (unpaired) electrons. The largest absolute Gasteiger partial charge is 0.481 e. The number of carboxylic acid groups (broad SMARTS) is 1. The van der Waals surface area contributed by atoms with Crippen LogP contribution in [-0.4, -0.2) is 16.9 Å². The molecule has 102 valence electrons. The van der Waals surface area contributed by atoms with E-state index in [-0.39, 0.29) is 11.1 Å². The van der Waals surface area contributed by atoms with Gasteiger partial charge < -0.3 is 5.11 Å². The first-order valence-electron chi connectivity index (χ1n) is 6.14. The van der Waals surface area contributed by atoms with E-state index in [2.05, 4.69) is 0 Å². The van der Waals surface area contributed by atoms with Crippen molar-refractivity contribution >= 4 is 11.8 Å². The number of Topliss-reactive ketones (excluding diaryl/α,β-unsaturated/α-hetero) is 1. The molecule has 19 heavy (non-hydrogen) atoms. The lowest BCUT2D eigenvalue weighted by Crippen LogP contribution is -2.26. The van der Waals surface area contributed by atoms with E-state index in [1.54, 1.807) is 0 Å². The van der Waals surface area contributed by atoms with Gasteiger partial charge in [-0.15, -0.1) is 0 Å². The first-order valence-corrected chi connectivity index (χ1v) is 6.14. The van der Waals surface area contributed by atoms with Crippen LogP contribution in [0.3, 0.4) is 0 Å². The molecule has 1 aliphatic rings. The van der Waals surface area contributed by atoms with Crippen molar-refractivity contribution in [1.82, 2.24) is 0 Å². The third kappa shape index (κ3) is 2.50. The highest BCUT2D eigenvalue weighted by Crippen LogP contribution is 2.35. The summed E-state index contributed by atoms with van der Waals surface area (Å²) in [7, 11) is 0. The summed E-state index contributed by atoms with van der Waals surface area (Å²) in [5, 5.41) is 9.04. The molecule has 5 heteroatoms. The Morgan fingerprint density at radius 3 is 2.42 bits per heavy atom. The summed E-state index contributed by atoms with van der Waals surface area (Å²) in [5.41, 5.74) is -0.0355. The number of hydrogen-bond donors (Lipinski definition) is 1. The van der Waals surface area contributed by atoms with E-state index >= 15 is 0 Å². The third-order valence-corrected chi connectivity index (χ3v) is 3.68. The van der Waals surface area contributed by atoms with E-state index in [0.717, 1.165) is 6.07 Å². The molecule has 1 aromatic carbocycles. The molecule has 1 aliphatic carbocycles. The Kier molecular flexibility index (Phi) is 3.64. The second kappa shape index (κ2) is 5.07. The number of benzene rings is 1. The highest BCUT2D eigenvalue weighted by atomic mass is 19.1. The Morgan fingerprint density at radius 2 is 1.79 bits per heavy atom. The fourth-order valence-corrected chi connectivity index (χ4v) is 2.62. The number of rotatable bonds is 3. The fourth-order valence-electron chi connectivity index (χ4n) is 2.62. The summed E-state index contributed by atoms with van der Waals surface area (Å²) < 4.78 is 26.8. The monoisotopic (exact) mass is 268 g/mol. The maximum atomic E-state index is 13.7. The average molecular weight is 268 g/mol. The van der Waals surface area contributed by atoms with Crippen molar-refractivity contribution in [2.75, 3.05) is 0 Å². The summed E-state index contributed by atoms with van der Waals surface area (Å²) in [6.45, 7) is 1.44. The average Bonchev–Trinajstić information content (AvgIpc) is 2.82. The number of aryl methyl sites for hydroxylation is 1. The number of aliphatic carboxylic acids is 1. The van der Waals surface area contributed by atoms with Crippen LogP contribution in [-0.2, 0) is 4.79 Å². The zero-order valence-corrected chi connectivity index (χ0v) is 10.5. The van der Waals surface area contributed by atoms with Gasteiger partial charge in [-0.25, -0.2) is 8.78 Å². The van der Waals surface area contributed by atoms with Gasteiger partial charge in [-0.1, -0.05) is 6.42 Å². The van der Waals surface area contributed by atoms with Gasteiger partial charge in [-0.05, 0) is 31.4 Å². The van der Waals surface area contributed by atoms with Crippen molar-refractivity contribution in [2.24, 2.45) is 11.8 Å². The number of carbonyl (C=O) groups excluding carboxylic acids is 1. The lowest BCUT2D eigenvalue weighted by molar-refractivity contribution is -0.142. The van der Waals surface area contributed by atoms with Gasteiger partial charge in [0.1, 0.15) is 11.6 Å². The Labute approximate surface area is 109 Å². The van der Waals surface area contributed by atoms with Crippen molar-refractivity contribution < 1.29 is 23.5 Å². The van der Waals surface area contributed by atoms with Crippen molar-refractivity contribution in [2.45, 2.75) is 26.2 Å². The molecule has 3 nitrogen and oxygen atoms in total. The zero-order chi connectivity index (χ0) is 14.2. The molecule has 0 aromatic heterocycles. The smallest absolute Gasteiger partial charge is 0.307 e. The first kappa shape index (κ1) is 13.6. The van der Waals surface area contributed by atoms with Crippen molar-refractivity contribution in [1.29, 1.82) is 0 Å². The number of halogens is 2. The van der Waals surface area contributed by atoms with Gasteiger partial charge in [0.25, 0.3) is 0 Å². The van der Waals surface area contributed by atoms with Crippen LogP contribution in [0.4, 0.5) is 8.78 Å². The molecule has 0 spiro atoms. The maximum absolute atomic E-state index is 13.7. The predicted octanol–water partition coefficient (Wildman–Crippen LogP) is 2.96. The van der Waals surface area contributed by atoms with E-state index in [1.165, 1.54) is 6.92 Å². The number of carboxylic acids is 1. The first-order chi connectivity index (χ1) is 8.91. The van der Waals surface area contributed by atoms with Crippen LogP contribution in [0.2, 0.25) is 0 Å². The minimum Gasteiger partial charge on any atom is -0.481 e. The maximum Gasteiger partial charge on any atom is 0.307 e. The normalized spacial score (nSPS) is 22.5. The fraction of sp³-hybridized carbons (Fsp3) is 0.429. The minimum absolute atomic E-state index is 0.176. The van der Waals surface area contributed by atoms with Gasteiger partial charge in [0.05, 0.1) is 11.5 Å². The second-order valence-corrected chi connectivity index (χ2v) is 4.93. The molecule has 1 aromatic rings. The molecular weight excluding hydrogens is 254 g/mol. The van der Waals surface area contributed by atoms with Crippen LogP contribution in [0, 0.1) is 30.4 Å². The highest BCUT2D eigenvalue weighted by molar-refractivity contribution is 6.00. The Hall–Kier alpha value is -1.78. The topological polar surface area (TPSA) is 54.4 Å². The van der Waals surface area contributed by atoms with Gasteiger partial charge >= 0.3 is 5.97 Å². The lowest BCUT2D eigenvalue weighted by atomic mass is 9.88. The van der Waals surface area contributed by atoms with E-state index < -0.39 is 35.2 Å². The summed E-state index contributed by atoms with van der Waals surface area (Å²) in [4.78, 5) is 23.3. The standard InChI is InChI=1S/C14H14F2O3/c1-7-5-10(12(16)6-11(7)15)13(17)8-3-2-4-9(8)14(18)19/h5-6,8-9H,2-4H2,1H3,(H,18,19). The molecular formula is C14H14F2O3. The summed E-state index contributed by atoms with van der Waals surface area (Å²) >= 11 is 0. The molecule has 1 saturated carbocycles. The number of ketones is 1. The van der Waals surface area contributed by atoms with Crippen LogP contribution in [0.5, 0.6) is 0 Å². The quantitative estimate of drug-likeness (QED) is 0.857. The molecule has 1 fully saturated rings. The number of carbonyl (C=O) groups is 2. The van der Waals surface area contributed by atoms with E-state index in [9.17, 15) is 18.4 Å². The van der Waals surface area contributed by atoms with Crippen LogP contribution < -0.4 is 0 Å². The summed E-state index contributed by atoms with van der Waals surface area (Å²) in [6, 6.07) is 1.83. The van der Waals surface area contributed by atoms with Gasteiger partial charge in [0.15, 0.2) is 5.78 Å². The van der Waals surface area contributed by atoms with Crippen LogP contribution in [0.1, 0.15) is 35.2 Å². The summed E-state index contributed by atoms with van der Waals surface area (Å²) in [6.07, 6.45) is 1.49. The zero-order valence-electron chi connectivity index (χ0n) is 10.5. The van der Waals surface area contributed by atoms with Gasteiger partial charge in [-0.3, -0.25) is 9.59 Å². The second-order valence-electron chi connectivity index (χ2n) is 4.93. The summed E-state index contributed by atoms with van der Waals surface area (Å²) in [5.74, 6) is -4.69. The molecule has 2 atom stereocenters. The molecule has 2 unspecified atom stereocenters. The molecule has 1 N–H and O–H groups in total. The number of hydrogen-bond acceptors (Lipinski definition) is 2. The van der Waals surface area contributed by atoms with Crippen LogP contribution in [0.15, 0.2) is 12.1 Å². The SMILES string of the molecule is Cc1cc(C(=O)C2CCCC2C(=O)O)c(F)cc1F. The van der Waals surface area contributed by atoms with E-state index in [1.807, 2.05) is 0 Å². The Bertz CT molecular complexity index is 540. The van der Waals surface area contributed by atoms with Crippen LogP contribution in [0.25, 0.3) is 0 Å². The van der Waals surface area contributed by atoms with Gasteiger partial charge in [0.2, 0.25) is 0 Å². The molecule has 0 amide bonds. The Balaban J connectivity index is 2.34. The molecule has 0 saturated heterocycles. The molecule has 0 aliphatic heterocycles. The predicted molar refractivity (Wildman–Crippen MR) is 63.9 cm³/mol.